The zero-order valence-corrected chi connectivity index (χ0v) is 14.4. The van der Waals surface area contributed by atoms with Gasteiger partial charge in [-0.05, 0) is 23.8 Å². The van der Waals surface area contributed by atoms with Gasteiger partial charge < -0.3 is 14.8 Å². The summed E-state index contributed by atoms with van der Waals surface area (Å²) in [6, 6.07) is 16.3. The highest BCUT2D eigenvalue weighted by Crippen LogP contribution is 2.18. The molecular weight excluding hydrogens is 320 g/mol. The third-order valence-electron chi connectivity index (χ3n) is 3.59. The second-order valence-electron chi connectivity index (χ2n) is 5.36. The van der Waals surface area contributed by atoms with E-state index in [0.717, 1.165) is 29.2 Å². The molecule has 4 nitrogen and oxygen atoms in total. The molecular formula is C19H20N2O2S. The first-order valence-corrected chi connectivity index (χ1v) is 8.69. The molecule has 1 heterocycles. The van der Waals surface area contributed by atoms with E-state index in [1.165, 1.54) is 5.56 Å². The maximum atomic E-state index is 5.73. The number of anilines is 1. The van der Waals surface area contributed by atoms with Crippen molar-refractivity contribution in [3.8, 4) is 5.75 Å². The Morgan fingerprint density at radius 2 is 1.88 bits per heavy atom. The maximum absolute atomic E-state index is 5.73. The molecule has 1 aromatic heterocycles. The molecule has 24 heavy (non-hydrogen) atoms. The Kier molecular flexibility index (Phi) is 5.82. The summed E-state index contributed by atoms with van der Waals surface area (Å²) in [5, 5.41) is 5.45. The van der Waals surface area contributed by atoms with Crippen LogP contribution >= 0.6 is 11.3 Å². The normalized spacial score (nSPS) is 10.5. The number of para-hydroxylation sites is 1. The van der Waals surface area contributed by atoms with Crippen LogP contribution in [0.2, 0.25) is 0 Å². The summed E-state index contributed by atoms with van der Waals surface area (Å²) in [5.41, 5.74) is 6.23. The van der Waals surface area contributed by atoms with E-state index >= 15 is 0 Å². The van der Waals surface area contributed by atoms with Gasteiger partial charge in [-0.25, -0.2) is 4.98 Å². The summed E-state index contributed by atoms with van der Waals surface area (Å²) in [6.45, 7) is 1.87. The Balaban J connectivity index is 1.54. The van der Waals surface area contributed by atoms with E-state index in [1.54, 1.807) is 18.4 Å². The fourth-order valence-electron chi connectivity index (χ4n) is 2.34. The fraction of sp³-hybridized carbons (Fsp3) is 0.211. The molecule has 0 unspecified atom stereocenters. The Hall–Kier alpha value is -2.37. The van der Waals surface area contributed by atoms with Crippen LogP contribution in [-0.2, 0) is 24.5 Å². The largest absolute Gasteiger partial charge is 0.487 e. The van der Waals surface area contributed by atoms with Crippen molar-refractivity contribution < 1.29 is 9.47 Å². The molecule has 124 valence electrons. The van der Waals surface area contributed by atoms with E-state index in [1.807, 2.05) is 35.2 Å². The monoisotopic (exact) mass is 340 g/mol. The van der Waals surface area contributed by atoms with Crippen LogP contribution < -0.4 is 10.1 Å². The first-order valence-electron chi connectivity index (χ1n) is 7.74. The number of nitrogens with one attached hydrogen (secondary N) is 1. The van der Waals surface area contributed by atoms with Gasteiger partial charge in [0, 0.05) is 30.3 Å². The molecule has 0 aliphatic heterocycles. The molecule has 0 amide bonds. The van der Waals surface area contributed by atoms with Gasteiger partial charge in [0.2, 0.25) is 0 Å². The lowest BCUT2D eigenvalue weighted by molar-refractivity contribution is 0.185. The molecule has 0 saturated carbocycles. The third kappa shape index (κ3) is 4.57. The van der Waals surface area contributed by atoms with Crippen molar-refractivity contribution in [1.29, 1.82) is 0 Å². The SMILES string of the molecule is COCc1ccccc1NCc1ccc(OCc2cscn2)cc1. The second kappa shape index (κ2) is 8.47. The highest BCUT2D eigenvalue weighted by molar-refractivity contribution is 7.07. The molecule has 0 saturated heterocycles. The Labute approximate surface area is 146 Å². The number of hydrogen-bond acceptors (Lipinski definition) is 5. The van der Waals surface area contributed by atoms with Crippen molar-refractivity contribution in [2.75, 3.05) is 12.4 Å². The number of ether oxygens (including phenoxy) is 2. The van der Waals surface area contributed by atoms with Crippen molar-refractivity contribution in [3.05, 3.63) is 76.2 Å². The van der Waals surface area contributed by atoms with Crippen LogP contribution in [0.15, 0.2) is 59.4 Å². The molecule has 1 N–H and O–H groups in total. The van der Waals surface area contributed by atoms with E-state index in [-0.39, 0.29) is 0 Å². The highest BCUT2D eigenvalue weighted by atomic mass is 32.1. The summed E-state index contributed by atoms with van der Waals surface area (Å²) in [4.78, 5) is 4.21. The number of nitrogens with zero attached hydrogens (tertiary/aromatic N) is 1. The Morgan fingerprint density at radius 3 is 2.62 bits per heavy atom. The second-order valence-corrected chi connectivity index (χ2v) is 6.07. The van der Waals surface area contributed by atoms with E-state index in [4.69, 9.17) is 9.47 Å². The van der Waals surface area contributed by atoms with Crippen LogP contribution in [-0.4, -0.2) is 12.1 Å². The van der Waals surface area contributed by atoms with Crippen molar-refractivity contribution in [2.24, 2.45) is 0 Å². The lowest BCUT2D eigenvalue weighted by atomic mass is 10.1. The predicted octanol–water partition coefficient (Wildman–Crippen LogP) is 4.48. The van der Waals surface area contributed by atoms with Gasteiger partial charge in [-0.2, -0.15) is 0 Å². The zero-order chi connectivity index (χ0) is 16.6. The maximum Gasteiger partial charge on any atom is 0.131 e. The molecule has 0 fully saturated rings. The molecule has 0 spiro atoms. The first-order chi connectivity index (χ1) is 11.8. The molecule has 5 heteroatoms. The Morgan fingerprint density at radius 1 is 1.04 bits per heavy atom. The molecule has 3 rings (SSSR count). The quantitative estimate of drug-likeness (QED) is 0.656. The van der Waals surface area contributed by atoms with Gasteiger partial charge in [0.15, 0.2) is 0 Å². The zero-order valence-electron chi connectivity index (χ0n) is 13.6. The Bertz CT molecular complexity index is 742. The van der Waals surface area contributed by atoms with Gasteiger partial charge in [-0.3, -0.25) is 0 Å². The summed E-state index contributed by atoms with van der Waals surface area (Å²) in [5.74, 6) is 0.853. The van der Waals surface area contributed by atoms with Gasteiger partial charge >= 0.3 is 0 Å². The third-order valence-corrected chi connectivity index (χ3v) is 4.23. The standard InChI is InChI=1S/C19H20N2O2S/c1-22-11-16-4-2-3-5-19(16)20-10-15-6-8-18(9-7-15)23-12-17-13-24-14-21-17/h2-9,13-14,20H,10-12H2,1H3. The van der Waals surface area contributed by atoms with Crippen molar-refractivity contribution >= 4 is 17.0 Å². The van der Waals surface area contributed by atoms with Gasteiger partial charge in [-0.15, -0.1) is 11.3 Å². The van der Waals surface area contributed by atoms with Crippen LogP contribution in [0.5, 0.6) is 5.75 Å². The average molecular weight is 340 g/mol. The minimum Gasteiger partial charge on any atom is -0.487 e. The molecule has 0 aliphatic rings. The van der Waals surface area contributed by atoms with E-state index in [2.05, 4.69) is 34.6 Å². The van der Waals surface area contributed by atoms with Gasteiger partial charge in [-0.1, -0.05) is 30.3 Å². The number of hydrogen-bond donors (Lipinski definition) is 1. The van der Waals surface area contributed by atoms with Crippen LogP contribution in [0.25, 0.3) is 0 Å². The van der Waals surface area contributed by atoms with E-state index in [0.29, 0.717) is 13.2 Å². The van der Waals surface area contributed by atoms with Crippen LogP contribution in [0.4, 0.5) is 5.69 Å². The minimum absolute atomic E-state index is 0.505. The van der Waals surface area contributed by atoms with Gasteiger partial charge in [0.05, 0.1) is 17.8 Å². The molecule has 0 aliphatic carbocycles. The van der Waals surface area contributed by atoms with E-state index in [9.17, 15) is 0 Å². The molecule has 0 radical (unpaired) electrons. The smallest absolute Gasteiger partial charge is 0.131 e. The number of thiazole rings is 1. The number of aromatic nitrogens is 1. The van der Waals surface area contributed by atoms with Crippen molar-refractivity contribution in [3.63, 3.8) is 0 Å². The summed E-state index contributed by atoms with van der Waals surface area (Å²) in [6.07, 6.45) is 0. The summed E-state index contributed by atoms with van der Waals surface area (Å²) < 4.78 is 11.0. The molecule has 2 aromatic carbocycles. The fourth-order valence-corrected chi connectivity index (χ4v) is 2.88. The van der Waals surface area contributed by atoms with Crippen LogP contribution in [0.1, 0.15) is 16.8 Å². The summed E-state index contributed by atoms with van der Waals surface area (Å²) >= 11 is 1.58. The summed E-state index contributed by atoms with van der Waals surface area (Å²) in [7, 11) is 1.71. The van der Waals surface area contributed by atoms with Crippen molar-refractivity contribution in [2.45, 2.75) is 19.8 Å². The van der Waals surface area contributed by atoms with Crippen LogP contribution in [0.3, 0.4) is 0 Å². The molecule has 0 bridgehead atoms. The van der Waals surface area contributed by atoms with Gasteiger partial charge in [0.1, 0.15) is 12.4 Å². The lowest BCUT2D eigenvalue weighted by Crippen LogP contribution is -2.03. The number of methoxy groups -OCH3 is 1. The highest BCUT2D eigenvalue weighted by Gasteiger charge is 2.02. The number of benzene rings is 2. The molecule has 0 atom stereocenters. The van der Waals surface area contributed by atoms with Crippen molar-refractivity contribution in [1.82, 2.24) is 4.98 Å². The predicted molar refractivity (Wildman–Crippen MR) is 97.4 cm³/mol. The minimum atomic E-state index is 0.505. The lowest BCUT2D eigenvalue weighted by Gasteiger charge is -2.12. The van der Waals surface area contributed by atoms with Crippen LogP contribution in [0, 0.1) is 0 Å². The topological polar surface area (TPSA) is 43.4 Å². The molecule has 3 aromatic rings. The van der Waals surface area contributed by atoms with Gasteiger partial charge in [0.25, 0.3) is 0 Å². The average Bonchev–Trinajstić information content (AvgIpc) is 3.14. The van der Waals surface area contributed by atoms with E-state index < -0.39 is 0 Å². The first kappa shape index (κ1) is 16.5. The number of rotatable bonds is 8.